The second-order valence-electron chi connectivity index (χ2n) is 5.99. The summed E-state index contributed by atoms with van der Waals surface area (Å²) in [6.07, 6.45) is 5.84. The molecule has 0 saturated carbocycles. The van der Waals surface area contributed by atoms with Gasteiger partial charge in [0.1, 0.15) is 5.75 Å². The summed E-state index contributed by atoms with van der Waals surface area (Å²) < 4.78 is 5.19. The van der Waals surface area contributed by atoms with Gasteiger partial charge < -0.3 is 10.1 Å². The minimum atomic E-state index is 0.0360. The van der Waals surface area contributed by atoms with Crippen molar-refractivity contribution in [2.24, 2.45) is 0 Å². The zero-order valence-electron chi connectivity index (χ0n) is 15.2. The Kier molecular flexibility index (Phi) is 6.42. The lowest BCUT2D eigenvalue weighted by Crippen LogP contribution is -2.09. The number of hydrogen-bond acceptors (Lipinski definition) is 5. The number of ether oxygens (including phenoxy) is 1. The van der Waals surface area contributed by atoms with Crippen LogP contribution in [-0.4, -0.2) is 23.0 Å². The van der Waals surface area contributed by atoms with Crippen molar-refractivity contribution in [2.75, 3.05) is 12.4 Å². The number of benzene rings is 1. The Morgan fingerprint density at radius 3 is 2.81 bits per heavy atom. The van der Waals surface area contributed by atoms with Crippen molar-refractivity contribution in [2.45, 2.75) is 26.2 Å². The molecule has 0 radical (unpaired) electrons. The smallest absolute Gasteiger partial charge is 0.224 e. The SMILES string of the molecule is CCCCC(=O)Nc1csc(-c2cncc(-c3ccc(OC)c(Cl)c3)n2)c1. The average Bonchev–Trinajstić information content (AvgIpc) is 3.15. The molecule has 1 N–H and O–H groups in total. The summed E-state index contributed by atoms with van der Waals surface area (Å²) in [6.45, 7) is 2.07. The lowest BCUT2D eigenvalue weighted by atomic mass is 10.1. The molecule has 0 unspecified atom stereocenters. The molecule has 0 bridgehead atoms. The molecule has 1 amide bonds. The van der Waals surface area contributed by atoms with Crippen molar-refractivity contribution in [3.63, 3.8) is 0 Å². The Bertz CT molecular complexity index is 942. The van der Waals surface area contributed by atoms with Crippen LogP contribution in [0.25, 0.3) is 21.8 Å². The van der Waals surface area contributed by atoms with E-state index in [9.17, 15) is 4.79 Å². The number of unbranched alkanes of at least 4 members (excludes halogenated alkanes) is 1. The first-order valence-electron chi connectivity index (χ1n) is 8.65. The number of carbonyl (C=O) groups excluding carboxylic acids is 1. The Labute approximate surface area is 167 Å². The number of halogens is 1. The molecule has 0 atom stereocenters. The summed E-state index contributed by atoms with van der Waals surface area (Å²) in [4.78, 5) is 21.8. The van der Waals surface area contributed by atoms with Crippen LogP contribution < -0.4 is 10.1 Å². The zero-order valence-corrected chi connectivity index (χ0v) is 16.7. The van der Waals surface area contributed by atoms with Gasteiger partial charge in [0.05, 0.1) is 46.5 Å². The zero-order chi connectivity index (χ0) is 19.2. The van der Waals surface area contributed by atoms with Crippen LogP contribution in [0.2, 0.25) is 5.02 Å². The quantitative estimate of drug-likeness (QED) is 0.554. The highest BCUT2D eigenvalue weighted by Crippen LogP contribution is 2.32. The molecule has 0 aliphatic carbocycles. The van der Waals surface area contributed by atoms with Crippen LogP contribution in [-0.2, 0) is 4.79 Å². The summed E-state index contributed by atoms with van der Waals surface area (Å²) in [7, 11) is 1.58. The molecule has 7 heteroatoms. The number of amides is 1. The molecule has 3 rings (SSSR count). The normalized spacial score (nSPS) is 10.6. The van der Waals surface area contributed by atoms with Crippen LogP contribution in [0.15, 0.2) is 42.0 Å². The van der Waals surface area contributed by atoms with E-state index in [0.717, 1.165) is 40.4 Å². The van der Waals surface area contributed by atoms with Crippen molar-refractivity contribution in [3.8, 4) is 27.6 Å². The number of anilines is 1. The van der Waals surface area contributed by atoms with Gasteiger partial charge in [-0.3, -0.25) is 9.78 Å². The molecule has 0 fully saturated rings. The minimum Gasteiger partial charge on any atom is -0.495 e. The first kappa shape index (κ1) is 19.3. The van der Waals surface area contributed by atoms with Gasteiger partial charge in [0.15, 0.2) is 0 Å². The van der Waals surface area contributed by atoms with Crippen LogP contribution in [0.3, 0.4) is 0 Å². The first-order valence-corrected chi connectivity index (χ1v) is 9.91. The maximum Gasteiger partial charge on any atom is 0.224 e. The summed E-state index contributed by atoms with van der Waals surface area (Å²) in [5.41, 5.74) is 3.12. The number of carbonyl (C=O) groups is 1. The molecule has 140 valence electrons. The van der Waals surface area contributed by atoms with Crippen LogP contribution in [0.4, 0.5) is 5.69 Å². The summed E-state index contributed by atoms with van der Waals surface area (Å²) in [6, 6.07) is 7.43. The molecule has 0 saturated heterocycles. The van der Waals surface area contributed by atoms with Gasteiger partial charge in [-0.15, -0.1) is 11.3 Å². The highest BCUT2D eigenvalue weighted by molar-refractivity contribution is 7.14. The highest BCUT2D eigenvalue weighted by Gasteiger charge is 2.10. The lowest BCUT2D eigenvalue weighted by Gasteiger charge is -2.06. The second-order valence-corrected chi connectivity index (χ2v) is 7.31. The van der Waals surface area contributed by atoms with E-state index in [1.807, 2.05) is 23.6 Å². The van der Waals surface area contributed by atoms with Crippen molar-refractivity contribution in [1.29, 1.82) is 0 Å². The Morgan fingerprint density at radius 2 is 2.07 bits per heavy atom. The van der Waals surface area contributed by atoms with Gasteiger partial charge in [-0.05, 0) is 30.7 Å². The third-order valence-electron chi connectivity index (χ3n) is 3.98. The summed E-state index contributed by atoms with van der Waals surface area (Å²) in [5, 5.41) is 5.36. The fourth-order valence-corrected chi connectivity index (χ4v) is 3.60. The number of hydrogen-bond donors (Lipinski definition) is 1. The molecule has 1 aromatic carbocycles. The molecular weight excluding hydrogens is 382 g/mol. The molecule has 0 spiro atoms. The van der Waals surface area contributed by atoms with E-state index in [2.05, 4.69) is 22.2 Å². The van der Waals surface area contributed by atoms with Crippen molar-refractivity contribution in [3.05, 3.63) is 47.1 Å². The second kappa shape index (κ2) is 8.97. The van der Waals surface area contributed by atoms with Crippen molar-refractivity contribution >= 4 is 34.5 Å². The lowest BCUT2D eigenvalue weighted by molar-refractivity contribution is -0.116. The van der Waals surface area contributed by atoms with Crippen LogP contribution in [0, 0.1) is 0 Å². The molecule has 2 aromatic heterocycles. The molecule has 2 heterocycles. The number of thiophene rings is 1. The van der Waals surface area contributed by atoms with Gasteiger partial charge in [-0.1, -0.05) is 24.9 Å². The molecule has 3 aromatic rings. The fourth-order valence-electron chi connectivity index (χ4n) is 2.55. The Hall–Kier alpha value is -2.44. The number of methoxy groups -OCH3 is 1. The number of nitrogens with one attached hydrogen (secondary N) is 1. The predicted octanol–water partition coefficient (Wildman–Crippen LogP) is 5.66. The fraction of sp³-hybridized carbons (Fsp3) is 0.250. The van der Waals surface area contributed by atoms with Gasteiger partial charge in [-0.2, -0.15) is 0 Å². The summed E-state index contributed by atoms with van der Waals surface area (Å²) in [5.74, 6) is 0.653. The molecule has 0 aliphatic rings. The van der Waals surface area contributed by atoms with Gasteiger partial charge >= 0.3 is 0 Å². The monoisotopic (exact) mass is 401 g/mol. The first-order chi connectivity index (χ1) is 13.1. The summed E-state index contributed by atoms with van der Waals surface area (Å²) >= 11 is 7.73. The van der Waals surface area contributed by atoms with Gasteiger partial charge in [0, 0.05) is 17.4 Å². The largest absolute Gasteiger partial charge is 0.495 e. The van der Waals surface area contributed by atoms with E-state index in [-0.39, 0.29) is 5.91 Å². The van der Waals surface area contributed by atoms with Gasteiger partial charge in [-0.25, -0.2) is 4.98 Å². The molecule has 5 nitrogen and oxygen atoms in total. The minimum absolute atomic E-state index is 0.0360. The van der Waals surface area contributed by atoms with E-state index in [1.54, 1.807) is 25.6 Å². The Balaban J connectivity index is 1.80. The van der Waals surface area contributed by atoms with E-state index in [4.69, 9.17) is 16.3 Å². The molecule has 27 heavy (non-hydrogen) atoms. The van der Waals surface area contributed by atoms with Crippen LogP contribution in [0.5, 0.6) is 5.75 Å². The third-order valence-corrected chi connectivity index (χ3v) is 5.22. The predicted molar refractivity (Wildman–Crippen MR) is 110 cm³/mol. The van der Waals surface area contributed by atoms with Crippen molar-refractivity contribution in [1.82, 2.24) is 9.97 Å². The third kappa shape index (κ3) is 4.84. The maximum atomic E-state index is 11.9. The van der Waals surface area contributed by atoms with Crippen LogP contribution >= 0.6 is 22.9 Å². The molecular formula is C20H20ClN3O2S. The van der Waals surface area contributed by atoms with Crippen LogP contribution in [0.1, 0.15) is 26.2 Å². The van der Waals surface area contributed by atoms with Gasteiger partial charge in [0.25, 0.3) is 0 Å². The van der Waals surface area contributed by atoms with E-state index in [0.29, 0.717) is 17.2 Å². The standard InChI is InChI=1S/C20H20ClN3O2S/c1-3-4-5-20(25)23-14-9-19(27-12-14)17-11-22-10-16(24-17)13-6-7-18(26-2)15(21)8-13/h6-12H,3-5H2,1-2H3,(H,23,25). The van der Waals surface area contributed by atoms with E-state index < -0.39 is 0 Å². The number of aromatic nitrogens is 2. The Morgan fingerprint density at radius 1 is 1.26 bits per heavy atom. The topological polar surface area (TPSA) is 64.1 Å². The van der Waals surface area contributed by atoms with Gasteiger partial charge in [0.2, 0.25) is 5.91 Å². The molecule has 0 aliphatic heterocycles. The van der Waals surface area contributed by atoms with Crippen molar-refractivity contribution < 1.29 is 9.53 Å². The number of rotatable bonds is 7. The van der Waals surface area contributed by atoms with E-state index >= 15 is 0 Å². The van der Waals surface area contributed by atoms with E-state index in [1.165, 1.54) is 11.3 Å². The number of nitrogens with zero attached hydrogens (tertiary/aromatic N) is 2. The maximum absolute atomic E-state index is 11.9. The average molecular weight is 402 g/mol. The highest BCUT2D eigenvalue weighted by atomic mass is 35.5.